The lowest BCUT2D eigenvalue weighted by Gasteiger charge is -2.18. The number of aromatic amines is 1. The smallest absolute Gasteiger partial charge is 0.417 e. The van der Waals surface area contributed by atoms with E-state index in [9.17, 15) is 21.6 Å². The average Bonchev–Trinajstić information content (AvgIpc) is 3.15. The van der Waals surface area contributed by atoms with Crippen molar-refractivity contribution in [2.45, 2.75) is 11.1 Å². The van der Waals surface area contributed by atoms with Crippen LogP contribution in [0.5, 0.6) is 5.75 Å². The summed E-state index contributed by atoms with van der Waals surface area (Å²) in [5.41, 5.74) is 3.66. The Hall–Kier alpha value is -3.07. The molecule has 33 heavy (non-hydrogen) atoms. The van der Waals surface area contributed by atoms with Crippen LogP contribution in [0.2, 0.25) is 5.02 Å². The van der Waals surface area contributed by atoms with E-state index in [4.69, 9.17) is 27.2 Å². The van der Waals surface area contributed by atoms with Crippen LogP contribution in [0.1, 0.15) is 5.56 Å². The van der Waals surface area contributed by atoms with Gasteiger partial charge in [-0.2, -0.15) is 18.2 Å². The zero-order chi connectivity index (χ0) is 24.4. The monoisotopic (exact) mass is 506 g/mol. The normalized spacial score (nSPS) is 12.1. The number of hydrogen-bond acceptors (Lipinski definition) is 8. The molecule has 0 amide bonds. The average molecular weight is 507 g/mol. The van der Waals surface area contributed by atoms with Gasteiger partial charge in [-0.25, -0.2) is 18.2 Å². The van der Waals surface area contributed by atoms with Gasteiger partial charge in [0, 0.05) is 17.8 Å². The second kappa shape index (κ2) is 9.43. The van der Waals surface area contributed by atoms with Crippen molar-refractivity contribution < 1.29 is 31.4 Å². The summed E-state index contributed by atoms with van der Waals surface area (Å²) in [6.45, 7) is -0.771. The van der Waals surface area contributed by atoms with Crippen molar-refractivity contribution in [3.8, 4) is 16.9 Å². The van der Waals surface area contributed by atoms with E-state index >= 15 is 0 Å². The SMILES string of the molecule is COc1ccc(-c2c(Cl)cc(Nc3n[nH]c(N)n3)cc2C(F)(F)F)cc1S(=O)(=O)NCCO. The first-order valence-corrected chi connectivity index (χ1v) is 11.0. The van der Waals surface area contributed by atoms with E-state index in [1.807, 2.05) is 0 Å². The molecule has 6 N–H and O–H groups in total. The van der Waals surface area contributed by atoms with E-state index in [-0.39, 0.29) is 40.5 Å². The number of H-pyrrole nitrogens is 1. The van der Waals surface area contributed by atoms with Crippen molar-refractivity contribution in [3.05, 3.63) is 40.9 Å². The lowest BCUT2D eigenvalue weighted by atomic mass is 9.98. The number of aliphatic hydroxyl groups excluding tert-OH is 1. The van der Waals surface area contributed by atoms with E-state index in [0.29, 0.717) is 0 Å². The molecule has 0 aliphatic carbocycles. The number of ether oxygens (including phenoxy) is 1. The standard InChI is InChI=1S/C18H18ClF3N6O4S/c1-32-13-3-2-9(6-14(13)33(30,31)24-4-5-29)15-11(18(20,21)22)7-10(8-12(15)19)25-17-26-16(23)27-28-17/h2-3,6-8,24,29H,4-5H2,1H3,(H4,23,25,26,27,28). The summed E-state index contributed by atoms with van der Waals surface area (Å²) in [5.74, 6) is -0.218. The Labute approximate surface area is 191 Å². The van der Waals surface area contributed by atoms with Gasteiger partial charge in [0.1, 0.15) is 10.6 Å². The van der Waals surface area contributed by atoms with Crippen LogP contribution in [0, 0.1) is 0 Å². The molecule has 10 nitrogen and oxygen atoms in total. The molecule has 0 bridgehead atoms. The van der Waals surface area contributed by atoms with Gasteiger partial charge >= 0.3 is 6.18 Å². The zero-order valence-corrected chi connectivity index (χ0v) is 18.4. The van der Waals surface area contributed by atoms with Crippen LogP contribution in [-0.4, -0.2) is 49.0 Å². The van der Waals surface area contributed by atoms with Crippen molar-refractivity contribution in [2.24, 2.45) is 0 Å². The van der Waals surface area contributed by atoms with Crippen LogP contribution in [0.25, 0.3) is 11.1 Å². The number of anilines is 3. The van der Waals surface area contributed by atoms with Gasteiger partial charge in [-0.05, 0) is 29.8 Å². The molecule has 2 aromatic carbocycles. The van der Waals surface area contributed by atoms with Crippen LogP contribution >= 0.6 is 11.6 Å². The molecule has 0 radical (unpaired) electrons. The van der Waals surface area contributed by atoms with Gasteiger partial charge in [-0.1, -0.05) is 17.7 Å². The van der Waals surface area contributed by atoms with E-state index in [2.05, 4.69) is 25.2 Å². The number of alkyl halides is 3. The van der Waals surface area contributed by atoms with Gasteiger partial charge < -0.3 is 20.9 Å². The molecule has 178 valence electrons. The predicted octanol–water partition coefficient (Wildman–Crippen LogP) is 2.75. The number of hydrogen-bond donors (Lipinski definition) is 5. The second-order valence-electron chi connectivity index (χ2n) is 6.53. The molecule has 0 saturated carbocycles. The Morgan fingerprint density at radius 3 is 2.58 bits per heavy atom. The fourth-order valence-corrected chi connectivity index (χ4v) is 4.50. The second-order valence-corrected chi connectivity index (χ2v) is 8.68. The Morgan fingerprint density at radius 2 is 2.00 bits per heavy atom. The summed E-state index contributed by atoms with van der Waals surface area (Å²) in [4.78, 5) is 3.34. The zero-order valence-electron chi connectivity index (χ0n) is 16.9. The topological polar surface area (TPSA) is 155 Å². The van der Waals surface area contributed by atoms with Gasteiger partial charge in [0.05, 0.1) is 24.3 Å². The molecule has 15 heteroatoms. The Morgan fingerprint density at radius 1 is 1.27 bits per heavy atom. The van der Waals surface area contributed by atoms with Crippen LogP contribution in [0.4, 0.5) is 30.8 Å². The Bertz CT molecular complexity index is 1270. The number of aliphatic hydroxyl groups is 1. The van der Waals surface area contributed by atoms with E-state index in [1.54, 1.807) is 0 Å². The highest BCUT2D eigenvalue weighted by Crippen LogP contribution is 2.44. The summed E-state index contributed by atoms with van der Waals surface area (Å²) in [7, 11) is -2.99. The molecule has 0 fully saturated rings. The minimum absolute atomic E-state index is 0.0435. The van der Waals surface area contributed by atoms with Gasteiger partial charge in [0.25, 0.3) is 0 Å². The summed E-state index contributed by atoms with van der Waals surface area (Å²) < 4.78 is 74.2. The molecule has 0 unspecified atom stereocenters. The molecule has 3 rings (SSSR count). The number of halogens is 4. The minimum Gasteiger partial charge on any atom is -0.495 e. The predicted molar refractivity (Wildman–Crippen MR) is 115 cm³/mol. The van der Waals surface area contributed by atoms with E-state index in [0.717, 1.165) is 12.1 Å². The lowest BCUT2D eigenvalue weighted by molar-refractivity contribution is -0.137. The summed E-state index contributed by atoms with van der Waals surface area (Å²) in [5, 5.41) is 17.2. The van der Waals surface area contributed by atoms with Crippen LogP contribution in [0.15, 0.2) is 35.2 Å². The first kappa shape index (κ1) is 24.6. The highest BCUT2D eigenvalue weighted by molar-refractivity contribution is 7.89. The number of nitrogens with two attached hydrogens (primary N) is 1. The Balaban J connectivity index is 2.16. The number of nitrogens with one attached hydrogen (secondary N) is 3. The van der Waals surface area contributed by atoms with Crippen molar-refractivity contribution in [2.75, 3.05) is 31.3 Å². The maximum Gasteiger partial charge on any atom is 0.417 e. The molecule has 1 aromatic heterocycles. The van der Waals surface area contributed by atoms with Crippen molar-refractivity contribution >= 4 is 39.2 Å². The number of nitrogens with zero attached hydrogens (tertiary/aromatic N) is 2. The number of sulfonamides is 1. The quantitative estimate of drug-likeness (QED) is 0.312. The summed E-state index contributed by atoms with van der Waals surface area (Å²) in [6, 6.07) is 5.47. The fraction of sp³-hybridized carbons (Fsp3) is 0.222. The molecule has 0 atom stereocenters. The van der Waals surface area contributed by atoms with Crippen LogP contribution < -0.4 is 20.5 Å². The third-order valence-corrected chi connectivity index (χ3v) is 6.08. The van der Waals surface area contributed by atoms with E-state index < -0.39 is 38.8 Å². The Kier molecular flexibility index (Phi) is 7.02. The maximum atomic E-state index is 14.0. The third kappa shape index (κ3) is 5.47. The van der Waals surface area contributed by atoms with Crippen LogP contribution in [0.3, 0.4) is 0 Å². The maximum absolute atomic E-state index is 14.0. The largest absolute Gasteiger partial charge is 0.495 e. The highest BCUT2D eigenvalue weighted by atomic mass is 35.5. The number of aromatic nitrogens is 3. The van der Waals surface area contributed by atoms with Gasteiger partial charge in [-0.3, -0.25) is 0 Å². The summed E-state index contributed by atoms with van der Waals surface area (Å²) >= 11 is 6.23. The molecule has 0 saturated heterocycles. The first-order valence-electron chi connectivity index (χ1n) is 9.11. The molecule has 0 spiro atoms. The van der Waals surface area contributed by atoms with Crippen LogP contribution in [-0.2, 0) is 16.2 Å². The molecule has 0 aliphatic rings. The molecule has 1 heterocycles. The van der Waals surface area contributed by atoms with E-state index in [1.165, 1.54) is 25.3 Å². The van der Waals surface area contributed by atoms with Gasteiger partial charge in [-0.15, -0.1) is 5.10 Å². The third-order valence-electron chi connectivity index (χ3n) is 4.30. The minimum atomic E-state index is -4.84. The molecule has 3 aromatic rings. The molecular weight excluding hydrogens is 489 g/mol. The fourth-order valence-electron chi connectivity index (χ4n) is 2.96. The number of nitrogen functional groups attached to an aromatic ring is 1. The molecule has 0 aliphatic heterocycles. The number of methoxy groups -OCH3 is 1. The molecular formula is C18H18ClF3N6O4S. The van der Waals surface area contributed by atoms with Gasteiger partial charge in [0.2, 0.25) is 21.9 Å². The highest BCUT2D eigenvalue weighted by Gasteiger charge is 2.36. The van der Waals surface area contributed by atoms with Crippen molar-refractivity contribution in [1.82, 2.24) is 19.9 Å². The van der Waals surface area contributed by atoms with Crippen molar-refractivity contribution in [1.29, 1.82) is 0 Å². The number of rotatable bonds is 8. The van der Waals surface area contributed by atoms with Gasteiger partial charge in [0.15, 0.2) is 0 Å². The first-order chi connectivity index (χ1) is 15.5. The number of benzene rings is 2. The lowest BCUT2D eigenvalue weighted by Crippen LogP contribution is -2.27. The van der Waals surface area contributed by atoms with Crippen molar-refractivity contribution in [3.63, 3.8) is 0 Å². The summed E-state index contributed by atoms with van der Waals surface area (Å²) in [6.07, 6.45) is -4.84.